The van der Waals surface area contributed by atoms with Crippen molar-refractivity contribution in [2.24, 2.45) is 0 Å². The van der Waals surface area contributed by atoms with Gasteiger partial charge in [-0.15, -0.1) is 0 Å². The Kier molecular flexibility index (Phi) is 7.18. The third kappa shape index (κ3) is 5.61. The molecule has 0 unspecified atom stereocenters. The SMILES string of the molecule is c1ccc(N(c2ccccc2)c2cccc(Cc3cccc(N(c4ccccc4)c4ccccc4)c3)c2)cc1. The molecule has 0 atom stereocenters. The molecule has 0 spiro atoms. The highest BCUT2D eigenvalue weighted by Gasteiger charge is 2.14. The van der Waals surface area contributed by atoms with Gasteiger partial charge >= 0.3 is 0 Å². The third-order valence-corrected chi connectivity index (χ3v) is 6.80. The van der Waals surface area contributed by atoms with Crippen LogP contribution >= 0.6 is 0 Å². The summed E-state index contributed by atoms with van der Waals surface area (Å²) in [6.07, 6.45) is 0.844. The number of para-hydroxylation sites is 4. The quantitative estimate of drug-likeness (QED) is 0.204. The first-order valence-corrected chi connectivity index (χ1v) is 13.3. The van der Waals surface area contributed by atoms with E-state index in [4.69, 9.17) is 0 Å². The first-order valence-electron chi connectivity index (χ1n) is 13.3. The number of anilines is 6. The molecule has 6 aromatic rings. The van der Waals surface area contributed by atoms with Gasteiger partial charge in [0.05, 0.1) is 0 Å². The van der Waals surface area contributed by atoms with Gasteiger partial charge in [0.25, 0.3) is 0 Å². The monoisotopic (exact) mass is 502 g/mol. The summed E-state index contributed by atoms with van der Waals surface area (Å²) in [6, 6.07) is 60.0. The molecule has 0 aliphatic carbocycles. The summed E-state index contributed by atoms with van der Waals surface area (Å²) >= 11 is 0. The summed E-state index contributed by atoms with van der Waals surface area (Å²) < 4.78 is 0. The van der Waals surface area contributed by atoms with Crippen molar-refractivity contribution in [2.75, 3.05) is 9.80 Å². The Bertz CT molecular complexity index is 1410. The number of benzene rings is 6. The van der Waals surface area contributed by atoms with Crippen LogP contribution in [0.4, 0.5) is 34.1 Å². The highest BCUT2D eigenvalue weighted by molar-refractivity contribution is 5.78. The van der Waals surface area contributed by atoms with E-state index in [1.807, 2.05) is 0 Å². The van der Waals surface area contributed by atoms with Crippen molar-refractivity contribution in [1.29, 1.82) is 0 Å². The van der Waals surface area contributed by atoms with Gasteiger partial charge in [-0.25, -0.2) is 0 Å². The number of hydrogen-bond acceptors (Lipinski definition) is 2. The van der Waals surface area contributed by atoms with Crippen LogP contribution in [-0.4, -0.2) is 0 Å². The Morgan fingerprint density at radius 2 is 0.564 bits per heavy atom. The average Bonchev–Trinajstić information content (AvgIpc) is 3.00. The largest absolute Gasteiger partial charge is 0.310 e. The van der Waals surface area contributed by atoms with Gasteiger partial charge in [-0.3, -0.25) is 0 Å². The van der Waals surface area contributed by atoms with Crippen molar-refractivity contribution in [1.82, 2.24) is 0 Å². The topological polar surface area (TPSA) is 6.48 Å². The second-order valence-corrected chi connectivity index (χ2v) is 9.53. The molecule has 0 saturated heterocycles. The van der Waals surface area contributed by atoms with E-state index in [0.717, 1.165) is 40.5 Å². The molecular weight excluding hydrogens is 472 g/mol. The lowest BCUT2D eigenvalue weighted by atomic mass is 10.0. The first-order chi connectivity index (χ1) is 19.3. The van der Waals surface area contributed by atoms with Gasteiger partial charge in [0.15, 0.2) is 0 Å². The van der Waals surface area contributed by atoms with Crippen LogP contribution in [0.1, 0.15) is 11.1 Å². The highest BCUT2D eigenvalue weighted by atomic mass is 15.1. The highest BCUT2D eigenvalue weighted by Crippen LogP contribution is 2.36. The van der Waals surface area contributed by atoms with E-state index in [2.05, 4.69) is 180 Å². The fraction of sp³-hybridized carbons (Fsp3) is 0.0270. The molecule has 0 aliphatic heterocycles. The normalized spacial score (nSPS) is 10.7. The van der Waals surface area contributed by atoms with Crippen LogP contribution in [0.3, 0.4) is 0 Å². The minimum absolute atomic E-state index is 0.844. The Morgan fingerprint density at radius 1 is 0.282 bits per heavy atom. The molecule has 0 fully saturated rings. The van der Waals surface area contributed by atoms with Crippen molar-refractivity contribution in [3.05, 3.63) is 181 Å². The Morgan fingerprint density at radius 3 is 0.872 bits per heavy atom. The summed E-state index contributed by atoms with van der Waals surface area (Å²) in [5.41, 5.74) is 9.41. The zero-order valence-electron chi connectivity index (χ0n) is 21.8. The molecule has 0 radical (unpaired) electrons. The molecule has 2 nitrogen and oxygen atoms in total. The predicted molar refractivity (Wildman–Crippen MR) is 165 cm³/mol. The van der Waals surface area contributed by atoms with E-state index >= 15 is 0 Å². The fourth-order valence-electron chi connectivity index (χ4n) is 5.05. The minimum atomic E-state index is 0.844. The van der Waals surface area contributed by atoms with E-state index in [0.29, 0.717) is 0 Å². The lowest BCUT2D eigenvalue weighted by molar-refractivity contribution is 1.17. The zero-order chi connectivity index (χ0) is 26.3. The number of hydrogen-bond donors (Lipinski definition) is 0. The fourth-order valence-corrected chi connectivity index (χ4v) is 5.05. The van der Waals surface area contributed by atoms with Gasteiger partial charge in [-0.05, 0) is 90.3 Å². The van der Waals surface area contributed by atoms with Crippen molar-refractivity contribution in [3.63, 3.8) is 0 Å². The van der Waals surface area contributed by atoms with Crippen LogP contribution in [-0.2, 0) is 6.42 Å². The molecule has 0 N–H and O–H groups in total. The Balaban J connectivity index is 1.34. The second kappa shape index (κ2) is 11.5. The molecule has 0 saturated carbocycles. The Hall–Kier alpha value is -5.08. The van der Waals surface area contributed by atoms with Crippen LogP contribution in [0, 0.1) is 0 Å². The van der Waals surface area contributed by atoms with Crippen molar-refractivity contribution in [3.8, 4) is 0 Å². The smallest absolute Gasteiger partial charge is 0.0464 e. The van der Waals surface area contributed by atoms with Gasteiger partial charge in [0.1, 0.15) is 0 Å². The van der Waals surface area contributed by atoms with Gasteiger partial charge in [-0.1, -0.05) is 97.1 Å². The van der Waals surface area contributed by atoms with Gasteiger partial charge in [-0.2, -0.15) is 0 Å². The molecule has 39 heavy (non-hydrogen) atoms. The van der Waals surface area contributed by atoms with E-state index in [-0.39, 0.29) is 0 Å². The van der Waals surface area contributed by atoms with Crippen LogP contribution in [0.5, 0.6) is 0 Å². The molecular formula is C37H30N2. The lowest BCUT2D eigenvalue weighted by Gasteiger charge is -2.26. The van der Waals surface area contributed by atoms with Crippen LogP contribution in [0.15, 0.2) is 170 Å². The molecule has 0 aromatic heterocycles. The van der Waals surface area contributed by atoms with Crippen molar-refractivity contribution >= 4 is 34.1 Å². The van der Waals surface area contributed by atoms with Gasteiger partial charge in [0, 0.05) is 34.1 Å². The van der Waals surface area contributed by atoms with E-state index in [9.17, 15) is 0 Å². The standard InChI is InChI=1S/C37H30N2/c1-5-17-32(18-6-1)38(33-19-7-2-8-20-33)36-25-13-15-30(28-36)27-31-16-14-26-37(29-31)39(34-21-9-3-10-22-34)35-23-11-4-12-24-35/h1-26,28-29H,27H2. The second-order valence-electron chi connectivity index (χ2n) is 9.53. The lowest BCUT2D eigenvalue weighted by Crippen LogP contribution is -2.10. The summed E-state index contributed by atoms with van der Waals surface area (Å²) in [7, 11) is 0. The minimum Gasteiger partial charge on any atom is -0.310 e. The molecule has 0 bridgehead atoms. The predicted octanol–water partition coefficient (Wildman–Crippen LogP) is 10.2. The summed E-state index contributed by atoms with van der Waals surface area (Å²) in [5, 5.41) is 0. The molecule has 6 rings (SSSR count). The third-order valence-electron chi connectivity index (χ3n) is 6.80. The van der Waals surface area contributed by atoms with E-state index in [1.54, 1.807) is 0 Å². The number of nitrogens with zero attached hydrogens (tertiary/aromatic N) is 2. The summed E-state index contributed by atoms with van der Waals surface area (Å²) in [6.45, 7) is 0. The molecule has 188 valence electrons. The summed E-state index contributed by atoms with van der Waals surface area (Å²) in [5.74, 6) is 0. The maximum Gasteiger partial charge on any atom is 0.0464 e. The van der Waals surface area contributed by atoms with Crippen LogP contribution in [0.2, 0.25) is 0 Å². The first kappa shape index (κ1) is 24.3. The van der Waals surface area contributed by atoms with E-state index < -0.39 is 0 Å². The molecule has 6 aromatic carbocycles. The van der Waals surface area contributed by atoms with Crippen molar-refractivity contribution < 1.29 is 0 Å². The molecule has 0 amide bonds. The van der Waals surface area contributed by atoms with Crippen LogP contribution < -0.4 is 9.80 Å². The van der Waals surface area contributed by atoms with Crippen LogP contribution in [0.25, 0.3) is 0 Å². The average molecular weight is 503 g/mol. The van der Waals surface area contributed by atoms with E-state index in [1.165, 1.54) is 11.1 Å². The molecule has 0 heterocycles. The maximum absolute atomic E-state index is 2.31. The van der Waals surface area contributed by atoms with Gasteiger partial charge < -0.3 is 9.80 Å². The Labute approximate surface area is 231 Å². The zero-order valence-corrected chi connectivity index (χ0v) is 21.8. The maximum atomic E-state index is 2.31. The summed E-state index contributed by atoms with van der Waals surface area (Å²) in [4.78, 5) is 4.62. The van der Waals surface area contributed by atoms with Crippen molar-refractivity contribution in [2.45, 2.75) is 6.42 Å². The molecule has 0 aliphatic rings. The van der Waals surface area contributed by atoms with Gasteiger partial charge in [0.2, 0.25) is 0 Å². The number of rotatable bonds is 8. The molecule has 2 heteroatoms.